The number of halogens is 1. The lowest BCUT2D eigenvalue weighted by Crippen LogP contribution is -2.15. The van der Waals surface area contributed by atoms with Gasteiger partial charge < -0.3 is 0 Å². The standard InChI is InChI=1S/C18H19ClS2/c1-4-18(2,3)13-7-5-12(6-8-13)17(19)16-11-15-14(21-16)9-10-20-15/h5-11,17H,4H2,1-3H3. The molecule has 0 bridgehead atoms. The van der Waals surface area contributed by atoms with Crippen molar-refractivity contribution in [3.8, 4) is 0 Å². The Morgan fingerprint density at radius 3 is 2.43 bits per heavy atom. The summed E-state index contributed by atoms with van der Waals surface area (Å²) in [5.41, 5.74) is 2.79. The molecule has 0 radical (unpaired) electrons. The molecule has 0 nitrogen and oxygen atoms in total. The van der Waals surface area contributed by atoms with Crippen LogP contribution in [0.1, 0.15) is 48.6 Å². The predicted octanol–water partition coefficient (Wildman–Crippen LogP) is 6.98. The van der Waals surface area contributed by atoms with Gasteiger partial charge in [-0.1, -0.05) is 45.0 Å². The normalized spacial score (nSPS) is 13.7. The molecule has 3 rings (SSSR count). The SMILES string of the molecule is CCC(C)(C)c1ccc(C(Cl)c2cc3sccc3s2)cc1. The quantitative estimate of drug-likeness (QED) is 0.451. The first-order valence-electron chi connectivity index (χ1n) is 7.23. The Labute approximate surface area is 139 Å². The van der Waals surface area contributed by atoms with E-state index in [9.17, 15) is 0 Å². The first-order chi connectivity index (χ1) is 10.0. The molecular weight excluding hydrogens is 316 g/mol. The number of rotatable bonds is 4. The van der Waals surface area contributed by atoms with E-state index in [1.807, 2.05) is 0 Å². The zero-order chi connectivity index (χ0) is 15.0. The third-order valence-corrected chi connectivity index (χ3v) is 7.05. The predicted molar refractivity (Wildman–Crippen MR) is 97.2 cm³/mol. The van der Waals surface area contributed by atoms with Gasteiger partial charge in [0, 0.05) is 14.3 Å². The van der Waals surface area contributed by atoms with Crippen molar-refractivity contribution in [1.82, 2.24) is 0 Å². The summed E-state index contributed by atoms with van der Waals surface area (Å²) in [6, 6.07) is 13.2. The van der Waals surface area contributed by atoms with Gasteiger partial charge in [0.15, 0.2) is 0 Å². The lowest BCUT2D eigenvalue weighted by atomic mass is 9.82. The van der Waals surface area contributed by atoms with E-state index >= 15 is 0 Å². The van der Waals surface area contributed by atoms with Crippen molar-refractivity contribution in [2.45, 2.75) is 38.0 Å². The Bertz CT molecular complexity index is 706. The molecule has 1 atom stereocenters. The molecule has 2 heterocycles. The number of benzene rings is 1. The van der Waals surface area contributed by atoms with Crippen LogP contribution < -0.4 is 0 Å². The highest BCUT2D eigenvalue weighted by Crippen LogP contribution is 2.39. The molecule has 0 N–H and O–H groups in total. The zero-order valence-corrected chi connectivity index (χ0v) is 14.9. The average Bonchev–Trinajstić information content (AvgIpc) is 3.08. The molecule has 1 unspecified atom stereocenters. The summed E-state index contributed by atoms with van der Waals surface area (Å²) >= 11 is 10.3. The highest BCUT2D eigenvalue weighted by Gasteiger charge is 2.19. The van der Waals surface area contributed by atoms with E-state index in [4.69, 9.17) is 11.6 Å². The highest BCUT2D eigenvalue weighted by atomic mass is 35.5. The molecule has 110 valence electrons. The molecule has 0 aliphatic carbocycles. The number of hydrogen-bond acceptors (Lipinski definition) is 2. The Morgan fingerprint density at radius 2 is 1.81 bits per heavy atom. The Hall–Kier alpha value is -0.830. The summed E-state index contributed by atoms with van der Waals surface area (Å²) in [5, 5.41) is 2.09. The van der Waals surface area contributed by atoms with Crippen molar-refractivity contribution >= 4 is 43.7 Å². The maximum atomic E-state index is 6.68. The van der Waals surface area contributed by atoms with Crippen LogP contribution in [0.3, 0.4) is 0 Å². The molecule has 1 aromatic carbocycles. The fourth-order valence-corrected chi connectivity index (χ4v) is 4.85. The first-order valence-corrected chi connectivity index (χ1v) is 9.36. The van der Waals surface area contributed by atoms with E-state index in [-0.39, 0.29) is 10.8 Å². The summed E-state index contributed by atoms with van der Waals surface area (Å²) in [6.07, 6.45) is 1.14. The monoisotopic (exact) mass is 334 g/mol. The van der Waals surface area contributed by atoms with Gasteiger partial charge in [0.2, 0.25) is 0 Å². The van der Waals surface area contributed by atoms with Crippen molar-refractivity contribution in [2.24, 2.45) is 0 Å². The average molecular weight is 335 g/mol. The molecular formula is C18H19ClS2. The molecule has 2 aromatic heterocycles. The van der Waals surface area contributed by atoms with Crippen LogP contribution in [-0.2, 0) is 5.41 Å². The molecule has 0 spiro atoms. The molecule has 0 saturated heterocycles. The Morgan fingerprint density at radius 1 is 1.10 bits per heavy atom. The van der Waals surface area contributed by atoms with Gasteiger partial charge in [0.05, 0.1) is 5.38 Å². The zero-order valence-electron chi connectivity index (χ0n) is 12.5. The molecule has 0 saturated carbocycles. The van der Waals surface area contributed by atoms with Crippen LogP contribution in [0.5, 0.6) is 0 Å². The van der Waals surface area contributed by atoms with Crippen molar-refractivity contribution in [1.29, 1.82) is 0 Å². The van der Waals surface area contributed by atoms with Gasteiger partial charge in [-0.15, -0.1) is 34.3 Å². The lowest BCUT2D eigenvalue weighted by molar-refractivity contribution is 0.506. The molecule has 0 aliphatic rings. The number of thiophene rings is 2. The second-order valence-corrected chi connectivity index (χ2v) is 8.52. The van der Waals surface area contributed by atoms with Gasteiger partial charge in [-0.25, -0.2) is 0 Å². The fourth-order valence-electron chi connectivity index (χ4n) is 2.38. The second-order valence-electron chi connectivity index (χ2n) is 6.02. The summed E-state index contributed by atoms with van der Waals surface area (Å²) in [7, 11) is 0. The van der Waals surface area contributed by atoms with Crippen LogP contribution in [0.4, 0.5) is 0 Å². The number of alkyl halides is 1. The van der Waals surface area contributed by atoms with Gasteiger partial charge in [-0.3, -0.25) is 0 Å². The van der Waals surface area contributed by atoms with Crippen LogP contribution in [0.15, 0.2) is 41.8 Å². The van der Waals surface area contributed by atoms with Gasteiger partial charge in [0.1, 0.15) is 0 Å². The van der Waals surface area contributed by atoms with E-state index in [0.29, 0.717) is 0 Å². The van der Waals surface area contributed by atoms with Crippen LogP contribution >= 0.6 is 34.3 Å². The maximum Gasteiger partial charge on any atom is 0.0928 e. The smallest absolute Gasteiger partial charge is 0.0928 e. The summed E-state index contributed by atoms with van der Waals surface area (Å²) in [5.74, 6) is 0. The van der Waals surface area contributed by atoms with E-state index in [2.05, 4.69) is 62.5 Å². The number of hydrogen-bond donors (Lipinski definition) is 0. The van der Waals surface area contributed by atoms with Gasteiger partial charge in [0.25, 0.3) is 0 Å². The van der Waals surface area contributed by atoms with Crippen molar-refractivity contribution in [3.05, 3.63) is 57.8 Å². The second kappa shape index (κ2) is 5.75. The summed E-state index contributed by atoms with van der Waals surface area (Å²) in [4.78, 5) is 1.24. The van der Waals surface area contributed by atoms with E-state index in [0.717, 1.165) is 6.42 Å². The topological polar surface area (TPSA) is 0 Å². The van der Waals surface area contributed by atoms with E-state index in [1.54, 1.807) is 22.7 Å². The van der Waals surface area contributed by atoms with Crippen LogP contribution in [0.25, 0.3) is 9.40 Å². The Kier molecular flexibility index (Phi) is 4.13. The van der Waals surface area contributed by atoms with E-state index in [1.165, 1.54) is 25.4 Å². The molecule has 3 aromatic rings. The van der Waals surface area contributed by atoms with Crippen LogP contribution in [0.2, 0.25) is 0 Å². The molecule has 21 heavy (non-hydrogen) atoms. The Balaban J connectivity index is 1.88. The summed E-state index contributed by atoms with van der Waals surface area (Å²) in [6.45, 7) is 6.80. The minimum atomic E-state index is -0.0478. The first kappa shape index (κ1) is 15.1. The van der Waals surface area contributed by atoms with Gasteiger partial charge >= 0.3 is 0 Å². The largest absolute Gasteiger partial charge is 0.143 e. The maximum absolute atomic E-state index is 6.68. The van der Waals surface area contributed by atoms with Gasteiger partial charge in [-0.05, 0) is 40.5 Å². The van der Waals surface area contributed by atoms with Gasteiger partial charge in [-0.2, -0.15) is 0 Å². The third kappa shape index (κ3) is 2.90. The van der Waals surface area contributed by atoms with Crippen LogP contribution in [-0.4, -0.2) is 0 Å². The third-order valence-electron chi connectivity index (χ3n) is 4.28. The fraction of sp³-hybridized carbons (Fsp3) is 0.333. The minimum Gasteiger partial charge on any atom is -0.143 e. The molecule has 3 heteroatoms. The lowest BCUT2D eigenvalue weighted by Gasteiger charge is -2.23. The van der Waals surface area contributed by atoms with Crippen molar-refractivity contribution in [2.75, 3.05) is 0 Å². The number of fused-ring (bicyclic) bond motifs is 1. The molecule has 0 aliphatic heterocycles. The van der Waals surface area contributed by atoms with Crippen molar-refractivity contribution < 1.29 is 0 Å². The summed E-state index contributed by atoms with van der Waals surface area (Å²) < 4.78 is 2.67. The van der Waals surface area contributed by atoms with Crippen LogP contribution in [0, 0.1) is 0 Å². The van der Waals surface area contributed by atoms with Crippen molar-refractivity contribution in [3.63, 3.8) is 0 Å². The van der Waals surface area contributed by atoms with E-state index < -0.39 is 0 Å². The molecule has 0 amide bonds. The minimum absolute atomic E-state index is 0.0478. The molecule has 0 fully saturated rings. The highest BCUT2D eigenvalue weighted by molar-refractivity contribution is 7.27.